The zero-order valence-electron chi connectivity index (χ0n) is 17.3. The smallest absolute Gasteiger partial charge is 0.223 e. The first-order valence-corrected chi connectivity index (χ1v) is 12.9. The molecule has 0 saturated heterocycles. The highest BCUT2D eigenvalue weighted by Gasteiger charge is 2.52. The molecule has 34 heavy (non-hydrogen) atoms. The molecule has 0 aliphatic heterocycles. The van der Waals surface area contributed by atoms with Gasteiger partial charge in [-0.3, -0.25) is 0 Å². The Labute approximate surface area is 192 Å². The number of hydrogen-bond acceptors (Lipinski definition) is 6. The SMILES string of the molecule is O=NCc1ccc(S(=O)(=O)C2(c3cc(F)ccc3F)CCC(NS(=O)(=O)C(F)(F)F)CC2)cc1. The molecule has 0 amide bonds. The number of nitrogens with one attached hydrogen (secondary N) is 1. The van der Waals surface area contributed by atoms with Crippen LogP contribution in [-0.2, 0) is 31.2 Å². The van der Waals surface area contributed by atoms with Gasteiger partial charge in [-0.15, -0.1) is 0 Å². The predicted octanol–water partition coefficient (Wildman–Crippen LogP) is 4.28. The lowest BCUT2D eigenvalue weighted by Gasteiger charge is -2.40. The van der Waals surface area contributed by atoms with Crippen LogP contribution in [0.25, 0.3) is 0 Å². The van der Waals surface area contributed by atoms with Crippen molar-refractivity contribution in [1.82, 2.24) is 4.72 Å². The maximum atomic E-state index is 14.8. The molecule has 0 heterocycles. The number of sulfonamides is 1. The zero-order chi connectivity index (χ0) is 25.4. The lowest BCUT2D eigenvalue weighted by Crippen LogP contribution is -2.48. The van der Waals surface area contributed by atoms with Crippen LogP contribution in [0, 0.1) is 16.5 Å². The Morgan fingerprint density at radius 3 is 2.09 bits per heavy atom. The van der Waals surface area contributed by atoms with Crippen LogP contribution in [-0.4, -0.2) is 28.4 Å². The van der Waals surface area contributed by atoms with Gasteiger partial charge >= 0.3 is 15.5 Å². The van der Waals surface area contributed by atoms with Crippen molar-refractivity contribution >= 4 is 19.9 Å². The van der Waals surface area contributed by atoms with Crippen molar-refractivity contribution in [2.24, 2.45) is 5.18 Å². The average Bonchev–Trinajstić information content (AvgIpc) is 2.75. The highest BCUT2D eigenvalue weighted by molar-refractivity contribution is 7.92. The topological polar surface area (TPSA) is 110 Å². The first kappa shape index (κ1) is 26.2. The molecule has 1 fully saturated rings. The van der Waals surface area contributed by atoms with Gasteiger partial charge in [0.2, 0.25) is 0 Å². The van der Waals surface area contributed by atoms with Crippen molar-refractivity contribution in [3.05, 3.63) is 70.1 Å². The van der Waals surface area contributed by atoms with Gasteiger partial charge in [-0.2, -0.15) is 18.1 Å². The summed E-state index contributed by atoms with van der Waals surface area (Å²) in [5, 5.41) is 2.70. The predicted molar refractivity (Wildman–Crippen MR) is 112 cm³/mol. The van der Waals surface area contributed by atoms with Crippen LogP contribution in [0.3, 0.4) is 0 Å². The summed E-state index contributed by atoms with van der Waals surface area (Å²) in [6.45, 7) is -0.217. The van der Waals surface area contributed by atoms with E-state index < -0.39 is 66.2 Å². The summed E-state index contributed by atoms with van der Waals surface area (Å²) >= 11 is 0. The normalized spacial score (nSPS) is 21.9. The van der Waals surface area contributed by atoms with Gasteiger partial charge in [0.25, 0.3) is 0 Å². The van der Waals surface area contributed by atoms with Crippen LogP contribution < -0.4 is 4.72 Å². The van der Waals surface area contributed by atoms with E-state index in [-0.39, 0.29) is 24.3 Å². The van der Waals surface area contributed by atoms with Crippen LogP contribution in [0.2, 0.25) is 0 Å². The Balaban J connectivity index is 2.04. The van der Waals surface area contributed by atoms with E-state index in [0.29, 0.717) is 5.56 Å². The van der Waals surface area contributed by atoms with E-state index in [4.69, 9.17) is 0 Å². The molecule has 1 aliphatic rings. The van der Waals surface area contributed by atoms with Gasteiger partial charge in [0.1, 0.15) is 22.9 Å². The first-order valence-electron chi connectivity index (χ1n) is 9.90. The molecule has 186 valence electrons. The number of benzene rings is 2. The molecular weight excluding hydrogens is 507 g/mol. The maximum Gasteiger partial charge on any atom is 0.511 e. The second-order valence-electron chi connectivity index (χ2n) is 7.89. The monoisotopic (exact) mass is 526 g/mol. The summed E-state index contributed by atoms with van der Waals surface area (Å²) in [7, 11) is -10.1. The summed E-state index contributed by atoms with van der Waals surface area (Å²) in [5.74, 6) is -1.95. The van der Waals surface area contributed by atoms with E-state index in [0.717, 1.165) is 18.2 Å². The second-order valence-corrected chi connectivity index (χ2v) is 11.9. The Morgan fingerprint density at radius 1 is 0.971 bits per heavy atom. The summed E-state index contributed by atoms with van der Waals surface area (Å²) in [6, 6.07) is 6.01. The molecule has 0 radical (unpaired) electrons. The minimum absolute atomic E-state index is 0.217. The Bertz CT molecular complexity index is 1270. The third-order valence-corrected chi connectivity index (χ3v) is 9.64. The van der Waals surface area contributed by atoms with Crippen LogP contribution in [0.4, 0.5) is 22.0 Å². The van der Waals surface area contributed by atoms with Crippen molar-refractivity contribution < 1.29 is 38.8 Å². The number of nitroso groups, excluding NO2 is 1. The molecule has 0 spiro atoms. The average molecular weight is 527 g/mol. The Hall–Kier alpha value is -2.45. The molecule has 2 aromatic rings. The molecule has 0 atom stereocenters. The number of sulfone groups is 1. The van der Waals surface area contributed by atoms with E-state index >= 15 is 0 Å². The molecular formula is C20H19F5N2O5S2. The third kappa shape index (κ3) is 4.84. The molecule has 3 rings (SSSR count). The van der Waals surface area contributed by atoms with E-state index in [1.807, 2.05) is 0 Å². The van der Waals surface area contributed by atoms with Crippen LogP contribution >= 0.6 is 0 Å². The Kier molecular flexibility index (Phi) is 7.16. The first-order chi connectivity index (χ1) is 15.7. The van der Waals surface area contributed by atoms with E-state index in [1.54, 1.807) is 0 Å². The molecule has 7 nitrogen and oxygen atoms in total. The van der Waals surface area contributed by atoms with Crippen LogP contribution in [0.5, 0.6) is 0 Å². The fourth-order valence-electron chi connectivity index (χ4n) is 4.09. The van der Waals surface area contributed by atoms with Gasteiger partial charge in [0.15, 0.2) is 9.84 Å². The van der Waals surface area contributed by atoms with Crippen molar-refractivity contribution in [3.63, 3.8) is 0 Å². The molecule has 1 N–H and O–H groups in total. The van der Waals surface area contributed by atoms with Crippen molar-refractivity contribution in [1.29, 1.82) is 0 Å². The lowest BCUT2D eigenvalue weighted by molar-refractivity contribution is -0.0452. The second kappa shape index (κ2) is 9.30. The minimum Gasteiger partial charge on any atom is -0.223 e. The fourth-order valence-corrected chi connectivity index (χ4v) is 7.06. The quantitative estimate of drug-likeness (QED) is 0.428. The van der Waals surface area contributed by atoms with Gasteiger partial charge in [-0.05, 0) is 61.6 Å². The highest BCUT2D eigenvalue weighted by atomic mass is 32.2. The standard InChI is InChI=1S/C20H19F5N2O5S2/c21-14-3-6-18(22)17(11-14)19(33(29,30)16-4-1-13(2-5-16)12-26-28)9-7-15(8-10-19)27-34(31,32)20(23,24)25/h1-6,11,15,27H,7-10,12H2. The highest BCUT2D eigenvalue weighted by Crippen LogP contribution is 2.48. The number of rotatable bonds is 7. The van der Waals surface area contributed by atoms with E-state index in [9.17, 15) is 43.7 Å². The largest absolute Gasteiger partial charge is 0.511 e. The van der Waals surface area contributed by atoms with Crippen LogP contribution in [0.15, 0.2) is 52.5 Å². The molecule has 0 aromatic heterocycles. The summed E-state index contributed by atoms with van der Waals surface area (Å²) < 4.78 is 117. The number of nitrogens with zero attached hydrogens (tertiary/aromatic N) is 1. The molecule has 0 bridgehead atoms. The van der Waals surface area contributed by atoms with Crippen molar-refractivity contribution in [3.8, 4) is 0 Å². The Morgan fingerprint density at radius 2 is 1.56 bits per heavy atom. The van der Waals surface area contributed by atoms with E-state index in [1.165, 1.54) is 29.0 Å². The lowest BCUT2D eigenvalue weighted by atomic mass is 9.80. The van der Waals surface area contributed by atoms with Gasteiger partial charge in [-0.1, -0.05) is 17.3 Å². The molecule has 1 aliphatic carbocycles. The van der Waals surface area contributed by atoms with Gasteiger partial charge < -0.3 is 0 Å². The zero-order valence-corrected chi connectivity index (χ0v) is 19.0. The molecule has 0 unspecified atom stereocenters. The van der Waals surface area contributed by atoms with Gasteiger partial charge in [-0.25, -0.2) is 30.3 Å². The molecule has 2 aromatic carbocycles. The fraction of sp³-hybridized carbons (Fsp3) is 0.400. The summed E-state index contributed by atoms with van der Waals surface area (Å²) in [4.78, 5) is 10.2. The van der Waals surface area contributed by atoms with Crippen molar-refractivity contribution in [2.75, 3.05) is 0 Å². The van der Waals surface area contributed by atoms with Crippen molar-refractivity contribution in [2.45, 2.75) is 53.4 Å². The molecule has 1 saturated carbocycles. The van der Waals surface area contributed by atoms with Crippen LogP contribution in [0.1, 0.15) is 36.8 Å². The third-order valence-electron chi connectivity index (χ3n) is 5.83. The number of hydrogen-bond donors (Lipinski definition) is 1. The molecule has 14 heteroatoms. The maximum absolute atomic E-state index is 14.8. The van der Waals surface area contributed by atoms with Gasteiger partial charge in [0, 0.05) is 11.6 Å². The number of alkyl halides is 3. The van der Waals surface area contributed by atoms with Gasteiger partial charge in [0.05, 0.1) is 4.90 Å². The minimum atomic E-state index is -5.68. The number of halogens is 5. The summed E-state index contributed by atoms with van der Waals surface area (Å²) in [5.41, 5.74) is -5.64. The summed E-state index contributed by atoms with van der Waals surface area (Å²) in [6.07, 6.45) is -1.70. The van der Waals surface area contributed by atoms with E-state index in [2.05, 4.69) is 5.18 Å².